The molecule has 1 unspecified atom stereocenters. The lowest BCUT2D eigenvalue weighted by atomic mass is 10.0. The van der Waals surface area contributed by atoms with Crippen molar-refractivity contribution in [2.75, 3.05) is 0 Å². The highest BCUT2D eigenvalue weighted by Crippen LogP contribution is 2.40. The second-order valence-electron chi connectivity index (χ2n) is 3.10. The Labute approximate surface area is 70.4 Å². The highest BCUT2D eigenvalue weighted by molar-refractivity contribution is 8.24. The van der Waals surface area contributed by atoms with Crippen LogP contribution in [0.3, 0.4) is 0 Å². The van der Waals surface area contributed by atoms with Crippen LogP contribution in [0.1, 0.15) is 20.8 Å². The summed E-state index contributed by atoms with van der Waals surface area (Å²) in [6, 6.07) is 0. The van der Waals surface area contributed by atoms with Crippen LogP contribution in [0.5, 0.6) is 0 Å². The molecular weight excluding hydrogens is 166 g/mol. The Hall–Kier alpha value is 0.200. The highest BCUT2D eigenvalue weighted by Gasteiger charge is 2.47. The van der Waals surface area contributed by atoms with Gasteiger partial charge in [0.1, 0.15) is 10.0 Å². The van der Waals surface area contributed by atoms with Crippen molar-refractivity contribution in [1.29, 1.82) is 0 Å². The Balaban J connectivity index is 2.88. The molecule has 10 heavy (non-hydrogen) atoms. The van der Waals surface area contributed by atoms with Crippen LogP contribution in [0, 0.1) is 0 Å². The van der Waals surface area contributed by atoms with Crippen molar-refractivity contribution in [3.05, 3.63) is 0 Å². The fourth-order valence-corrected chi connectivity index (χ4v) is 2.49. The minimum atomic E-state index is -0.866. The van der Waals surface area contributed by atoms with Crippen LogP contribution in [-0.2, 0) is 0 Å². The van der Waals surface area contributed by atoms with Gasteiger partial charge in [0.2, 0.25) is 0 Å². The largest absolute Gasteiger partial charge is 0.370 e. The van der Waals surface area contributed by atoms with Crippen molar-refractivity contribution in [3.8, 4) is 0 Å². The van der Waals surface area contributed by atoms with E-state index >= 15 is 0 Å². The lowest BCUT2D eigenvalue weighted by molar-refractivity contribution is 0.0213. The molecule has 1 aliphatic rings. The minimum Gasteiger partial charge on any atom is -0.370 e. The first-order chi connectivity index (χ1) is 4.35. The zero-order valence-corrected chi connectivity index (χ0v) is 7.90. The summed E-state index contributed by atoms with van der Waals surface area (Å²) in [5.41, 5.74) is -0.866. The van der Waals surface area contributed by atoms with Gasteiger partial charge in [-0.25, -0.2) is 0 Å². The average Bonchev–Trinajstić information content (AvgIpc) is 1.73. The first-order valence-corrected chi connectivity index (χ1v) is 4.31. The average molecular weight is 177 g/mol. The third-order valence-electron chi connectivity index (χ3n) is 1.87. The molecule has 0 aromatic carbocycles. The van der Waals surface area contributed by atoms with Gasteiger partial charge in [0.05, 0.1) is 4.75 Å². The third-order valence-corrected chi connectivity index (χ3v) is 3.41. The van der Waals surface area contributed by atoms with E-state index in [1.807, 2.05) is 13.8 Å². The quantitative estimate of drug-likeness (QED) is 0.543. The molecule has 0 saturated carbocycles. The number of nitrogens with one attached hydrogen (secondary N) is 1. The lowest BCUT2D eigenvalue weighted by Crippen LogP contribution is -2.50. The maximum Gasteiger partial charge on any atom is 0.148 e. The van der Waals surface area contributed by atoms with Crippen molar-refractivity contribution >= 4 is 28.3 Å². The van der Waals surface area contributed by atoms with E-state index < -0.39 is 5.72 Å². The van der Waals surface area contributed by atoms with E-state index in [0.717, 1.165) is 0 Å². The summed E-state index contributed by atoms with van der Waals surface area (Å²) in [5.74, 6) is 0. The van der Waals surface area contributed by atoms with Crippen LogP contribution in [0.25, 0.3) is 0 Å². The second kappa shape index (κ2) is 2.09. The lowest BCUT2D eigenvalue weighted by Gasteiger charge is -2.30. The monoisotopic (exact) mass is 177 g/mol. The Kier molecular flexibility index (Phi) is 1.74. The summed E-state index contributed by atoms with van der Waals surface area (Å²) < 4.78 is 0.458. The van der Waals surface area contributed by atoms with Gasteiger partial charge in [0, 0.05) is 0 Å². The van der Waals surface area contributed by atoms with Gasteiger partial charge in [-0.1, -0.05) is 24.0 Å². The molecule has 2 nitrogen and oxygen atoms in total. The van der Waals surface area contributed by atoms with Gasteiger partial charge in [-0.3, -0.25) is 0 Å². The number of aliphatic hydroxyl groups is 1. The second-order valence-corrected chi connectivity index (χ2v) is 5.40. The maximum absolute atomic E-state index is 9.67. The normalized spacial score (nSPS) is 37.8. The molecule has 1 saturated heterocycles. The molecule has 0 radical (unpaired) electrons. The van der Waals surface area contributed by atoms with E-state index in [-0.39, 0.29) is 4.75 Å². The Bertz CT molecular complexity index is 159. The molecule has 1 fully saturated rings. The van der Waals surface area contributed by atoms with E-state index in [0.29, 0.717) is 4.32 Å². The van der Waals surface area contributed by atoms with Crippen molar-refractivity contribution in [2.45, 2.75) is 31.2 Å². The minimum absolute atomic E-state index is 0.218. The summed E-state index contributed by atoms with van der Waals surface area (Å²) >= 11 is 6.41. The Morgan fingerprint density at radius 2 is 2.00 bits per heavy atom. The van der Waals surface area contributed by atoms with Gasteiger partial charge in [-0.15, -0.1) is 0 Å². The summed E-state index contributed by atoms with van der Waals surface area (Å²) in [4.78, 5) is 0. The molecule has 1 heterocycles. The topological polar surface area (TPSA) is 32.3 Å². The van der Waals surface area contributed by atoms with Crippen LogP contribution in [0.15, 0.2) is 0 Å². The molecule has 1 atom stereocenters. The number of thiocarbonyl (C=S) groups is 1. The molecule has 1 rings (SSSR count). The van der Waals surface area contributed by atoms with E-state index in [1.54, 1.807) is 6.92 Å². The molecule has 0 aliphatic carbocycles. The molecule has 0 amide bonds. The van der Waals surface area contributed by atoms with Gasteiger partial charge in [0.15, 0.2) is 0 Å². The molecule has 0 bridgehead atoms. The maximum atomic E-state index is 9.67. The van der Waals surface area contributed by atoms with Gasteiger partial charge < -0.3 is 10.4 Å². The Morgan fingerprint density at radius 1 is 1.50 bits per heavy atom. The van der Waals surface area contributed by atoms with Crippen molar-refractivity contribution < 1.29 is 5.11 Å². The zero-order chi connectivity index (χ0) is 7.99. The van der Waals surface area contributed by atoms with Crippen LogP contribution in [0.4, 0.5) is 0 Å². The number of rotatable bonds is 0. The van der Waals surface area contributed by atoms with Crippen LogP contribution >= 0.6 is 24.0 Å². The van der Waals surface area contributed by atoms with Gasteiger partial charge in [0.25, 0.3) is 0 Å². The van der Waals surface area contributed by atoms with E-state index in [2.05, 4.69) is 5.32 Å². The number of hydrogen-bond donors (Lipinski definition) is 2. The fraction of sp³-hybridized carbons (Fsp3) is 0.833. The van der Waals surface area contributed by atoms with E-state index in [4.69, 9.17) is 12.2 Å². The SMILES string of the molecule is CC1(O)NC(=S)SC1(C)C. The number of hydrogen-bond acceptors (Lipinski definition) is 3. The summed E-state index contributed by atoms with van der Waals surface area (Å²) in [5, 5.41) is 12.5. The molecule has 4 heteroatoms. The first-order valence-electron chi connectivity index (χ1n) is 3.09. The van der Waals surface area contributed by atoms with Crippen LogP contribution in [0.2, 0.25) is 0 Å². The van der Waals surface area contributed by atoms with Crippen LogP contribution in [-0.4, -0.2) is 19.9 Å². The summed E-state index contributed by atoms with van der Waals surface area (Å²) in [6.07, 6.45) is 0. The Morgan fingerprint density at radius 3 is 2.10 bits per heavy atom. The summed E-state index contributed by atoms with van der Waals surface area (Å²) in [7, 11) is 0. The third kappa shape index (κ3) is 1.15. The van der Waals surface area contributed by atoms with Gasteiger partial charge >= 0.3 is 0 Å². The molecule has 0 aromatic rings. The van der Waals surface area contributed by atoms with Crippen LogP contribution < -0.4 is 5.32 Å². The zero-order valence-electron chi connectivity index (χ0n) is 6.26. The molecule has 58 valence electrons. The predicted octanol–water partition coefficient (Wildman–Crippen LogP) is 1.09. The van der Waals surface area contributed by atoms with Crippen molar-refractivity contribution in [1.82, 2.24) is 5.32 Å². The van der Waals surface area contributed by atoms with Gasteiger partial charge in [-0.05, 0) is 20.8 Å². The highest BCUT2D eigenvalue weighted by atomic mass is 32.2. The number of thioether (sulfide) groups is 1. The van der Waals surface area contributed by atoms with Crippen molar-refractivity contribution in [2.24, 2.45) is 0 Å². The predicted molar refractivity (Wildman–Crippen MR) is 48.0 cm³/mol. The molecule has 0 aromatic heterocycles. The smallest absolute Gasteiger partial charge is 0.148 e. The van der Waals surface area contributed by atoms with Crippen molar-refractivity contribution in [3.63, 3.8) is 0 Å². The standard InChI is InChI=1S/C6H11NOS2/c1-5(2)6(3,8)7-4(9)10-5/h8H,1-3H3,(H,7,9). The van der Waals surface area contributed by atoms with E-state index in [9.17, 15) is 5.11 Å². The molecule has 2 N–H and O–H groups in total. The molecular formula is C6H11NOS2. The van der Waals surface area contributed by atoms with Gasteiger partial charge in [-0.2, -0.15) is 0 Å². The summed E-state index contributed by atoms with van der Waals surface area (Å²) in [6.45, 7) is 5.66. The molecule has 1 aliphatic heterocycles. The fourth-order valence-electron chi connectivity index (χ4n) is 0.706. The van der Waals surface area contributed by atoms with E-state index in [1.165, 1.54) is 11.8 Å². The molecule has 0 spiro atoms. The first kappa shape index (κ1) is 8.30.